The molecule has 0 bridgehead atoms. The topological polar surface area (TPSA) is 26.3 Å². The molecule has 1 aliphatic rings. The van der Waals surface area contributed by atoms with Gasteiger partial charge in [-0.05, 0) is 31.0 Å². The van der Waals surface area contributed by atoms with Crippen LogP contribution in [0.1, 0.15) is 37.6 Å². The molecule has 0 fully saturated rings. The molecule has 1 aromatic rings. The molecule has 1 aliphatic heterocycles. The van der Waals surface area contributed by atoms with E-state index >= 15 is 0 Å². The molecule has 1 unspecified atom stereocenters. The molecule has 2 rings (SSSR count). The highest BCUT2D eigenvalue weighted by atomic mass is 19.1. The summed E-state index contributed by atoms with van der Waals surface area (Å²) in [6.07, 6.45) is 0.307. The van der Waals surface area contributed by atoms with Crippen molar-refractivity contribution in [2.45, 2.75) is 32.8 Å². The van der Waals surface area contributed by atoms with Crippen LogP contribution < -0.4 is 4.74 Å². The third-order valence-corrected chi connectivity index (χ3v) is 3.32. The van der Waals surface area contributed by atoms with Gasteiger partial charge < -0.3 is 4.74 Å². The predicted octanol–water partition coefficient (Wildman–Crippen LogP) is 3.21. The van der Waals surface area contributed by atoms with Gasteiger partial charge >= 0.3 is 0 Å². The van der Waals surface area contributed by atoms with Crippen molar-refractivity contribution >= 4 is 5.78 Å². The molecule has 16 heavy (non-hydrogen) atoms. The number of ketones is 1. The minimum atomic E-state index is -0.484. The number of hydrogen-bond donors (Lipinski definition) is 0. The summed E-state index contributed by atoms with van der Waals surface area (Å²) in [5.74, 6) is 0.282. The van der Waals surface area contributed by atoms with Gasteiger partial charge in [0.15, 0.2) is 5.78 Å². The molecule has 0 spiro atoms. The molecule has 0 N–H and O–H groups in total. The Hall–Kier alpha value is -1.38. The maximum absolute atomic E-state index is 13.0. The fourth-order valence-corrected chi connectivity index (χ4v) is 1.83. The van der Waals surface area contributed by atoms with Gasteiger partial charge in [0.1, 0.15) is 17.2 Å². The van der Waals surface area contributed by atoms with Crippen molar-refractivity contribution in [1.82, 2.24) is 0 Å². The van der Waals surface area contributed by atoms with E-state index in [0.717, 1.165) is 0 Å². The van der Waals surface area contributed by atoms with Crippen LogP contribution in [0.5, 0.6) is 5.75 Å². The number of hydrogen-bond acceptors (Lipinski definition) is 2. The molecular weight excluding hydrogens is 207 g/mol. The molecule has 0 aliphatic carbocycles. The molecule has 0 radical (unpaired) electrons. The summed E-state index contributed by atoms with van der Waals surface area (Å²) in [6, 6.07) is 4.10. The molecular formula is C13H15FO2. The first-order valence-electron chi connectivity index (χ1n) is 5.44. The van der Waals surface area contributed by atoms with Crippen molar-refractivity contribution in [3.8, 4) is 5.75 Å². The highest BCUT2D eigenvalue weighted by molar-refractivity contribution is 6.00. The van der Waals surface area contributed by atoms with Gasteiger partial charge in [0.05, 0.1) is 12.0 Å². The average Bonchev–Trinajstić information content (AvgIpc) is 2.19. The SMILES string of the molecule is CC(C)C1(C)CC(=O)c2cc(F)ccc2O1. The molecule has 0 saturated heterocycles. The number of rotatable bonds is 1. The maximum Gasteiger partial charge on any atom is 0.170 e. The third kappa shape index (κ3) is 1.70. The highest BCUT2D eigenvalue weighted by Crippen LogP contribution is 2.37. The first kappa shape index (κ1) is 11.1. The van der Waals surface area contributed by atoms with Gasteiger partial charge in [-0.3, -0.25) is 4.79 Å². The summed E-state index contributed by atoms with van der Waals surface area (Å²) < 4.78 is 18.8. The lowest BCUT2D eigenvalue weighted by molar-refractivity contribution is 0.0211. The summed E-state index contributed by atoms with van der Waals surface area (Å²) in [4.78, 5) is 11.9. The van der Waals surface area contributed by atoms with E-state index in [1.807, 2.05) is 20.8 Å². The first-order chi connectivity index (χ1) is 7.42. The lowest BCUT2D eigenvalue weighted by atomic mass is 9.83. The minimum Gasteiger partial charge on any atom is -0.486 e. The molecule has 2 nitrogen and oxygen atoms in total. The van der Waals surface area contributed by atoms with Gasteiger partial charge in [-0.15, -0.1) is 0 Å². The van der Waals surface area contributed by atoms with E-state index in [9.17, 15) is 9.18 Å². The van der Waals surface area contributed by atoms with Crippen LogP contribution in [0.3, 0.4) is 0 Å². The normalized spacial score (nSPS) is 24.2. The Kier molecular flexibility index (Phi) is 2.49. The Balaban J connectivity index is 2.45. The van der Waals surface area contributed by atoms with E-state index in [0.29, 0.717) is 17.7 Å². The number of fused-ring (bicyclic) bond motifs is 1. The second-order valence-corrected chi connectivity index (χ2v) is 4.81. The van der Waals surface area contributed by atoms with Crippen LogP contribution in [0.15, 0.2) is 18.2 Å². The second-order valence-electron chi connectivity index (χ2n) is 4.81. The molecule has 86 valence electrons. The Morgan fingerprint density at radius 1 is 1.44 bits per heavy atom. The van der Waals surface area contributed by atoms with E-state index < -0.39 is 11.4 Å². The van der Waals surface area contributed by atoms with E-state index in [1.54, 1.807) is 0 Å². The van der Waals surface area contributed by atoms with Crippen LogP contribution >= 0.6 is 0 Å². The lowest BCUT2D eigenvalue weighted by Crippen LogP contribution is -2.43. The monoisotopic (exact) mass is 222 g/mol. The predicted molar refractivity (Wildman–Crippen MR) is 59.2 cm³/mol. The van der Waals surface area contributed by atoms with Crippen molar-refractivity contribution < 1.29 is 13.9 Å². The molecule has 0 saturated carbocycles. The number of halogens is 1. The van der Waals surface area contributed by atoms with Crippen LogP contribution in [-0.2, 0) is 0 Å². The van der Waals surface area contributed by atoms with Crippen molar-refractivity contribution in [2.75, 3.05) is 0 Å². The number of ether oxygens (including phenoxy) is 1. The zero-order chi connectivity index (χ0) is 11.9. The summed E-state index contributed by atoms with van der Waals surface area (Å²) in [6.45, 7) is 5.95. The second kappa shape index (κ2) is 3.58. The average molecular weight is 222 g/mol. The van der Waals surface area contributed by atoms with E-state index in [2.05, 4.69) is 0 Å². The Morgan fingerprint density at radius 2 is 2.12 bits per heavy atom. The van der Waals surface area contributed by atoms with Crippen LogP contribution in [-0.4, -0.2) is 11.4 Å². The Morgan fingerprint density at radius 3 is 2.75 bits per heavy atom. The van der Waals surface area contributed by atoms with Crippen LogP contribution in [0.2, 0.25) is 0 Å². The van der Waals surface area contributed by atoms with Gasteiger partial charge in [0, 0.05) is 0 Å². The molecule has 1 heterocycles. The van der Waals surface area contributed by atoms with Gasteiger partial charge in [-0.1, -0.05) is 13.8 Å². The quantitative estimate of drug-likeness (QED) is 0.729. The van der Waals surface area contributed by atoms with Crippen molar-refractivity contribution in [3.63, 3.8) is 0 Å². The molecule has 1 aromatic carbocycles. The van der Waals surface area contributed by atoms with Gasteiger partial charge in [0.2, 0.25) is 0 Å². The highest BCUT2D eigenvalue weighted by Gasteiger charge is 2.39. The van der Waals surface area contributed by atoms with Gasteiger partial charge in [-0.25, -0.2) is 4.39 Å². The van der Waals surface area contributed by atoms with Crippen LogP contribution in [0.4, 0.5) is 4.39 Å². The summed E-state index contributed by atoms with van der Waals surface area (Å²) >= 11 is 0. The van der Waals surface area contributed by atoms with E-state index in [4.69, 9.17) is 4.74 Å². The molecule has 0 amide bonds. The van der Waals surface area contributed by atoms with Crippen molar-refractivity contribution in [3.05, 3.63) is 29.6 Å². The Labute approximate surface area is 94.4 Å². The summed E-state index contributed by atoms with van der Waals surface area (Å²) in [7, 11) is 0. The smallest absolute Gasteiger partial charge is 0.170 e. The fourth-order valence-electron chi connectivity index (χ4n) is 1.83. The standard InChI is InChI=1S/C13H15FO2/c1-8(2)13(3)7-11(15)10-6-9(14)4-5-12(10)16-13/h4-6,8H,7H2,1-3H3. The summed E-state index contributed by atoms with van der Waals surface area (Å²) in [5, 5.41) is 0. The number of carbonyl (C=O) groups excluding carboxylic acids is 1. The van der Waals surface area contributed by atoms with Crippen LogP contribution in [0.25, 0.3) is 0 Å². The summed E-state index contributed by atoms with van der Waals surface area (Å²) in [5.41, 5.74) is -0.125. The zero-order valence-electron chi connectivity index (χ0n) is 9.71. The lowest BCUT2D eigenvalue weighted by Gasteiger charge is -2.38. The number of benzene rings is 1. The number of Topliss-reactive ketones (excluding diaryl/α,β-unsaturated/α-hetero) is 1. The minimum absolute atomic E-state index is 0.0445. The van der Waals surface area contributed by atoms with Crippen molar-refractivity contribution in [2.24, 2.45) is 5.92 Å². The first-order valence-corrected chi connectivity index (χ1v) is 5.44. The Bertz CT molecular complexity index is 440. The van der Waals surface area contributed by atoms with Gasteiger partial charge in [-0.2, -0.15) is 0 Å². The molecule has 3 heteroatoms. The van der Waals surface area contributed by atoms with E-state index in [1.165, 1.54) is 18.2 Å². The zero-order valence-corrected chi connectivity index (χ0v) is 9.71. The third-order valence-electron chi connectivity index (χ3n) is 3.32. The van der Waals surface area contributed by atoms with Gasteiger partial charge in [0.25, 0.3) is 0 Å². The molecule has 1 atom stereocenters. The van der Waals surface area contributed by atoms with Crippen LogP contribution in [0, 0.1) is 11.7 Å². The van der Waals surface area contributed by atoms with E-state index in [-0.39, 0.29) is 11.7 Å². The fraction of sp³-hybridized carbons (Fsp3) is 0.462. The van der Waals surface area contributed by atoms with Crippen molar-refractivity contribution in [1.29, 1.82) is 0 Å². The maximum atomic E-state index is 13.0. The molecule has 0 aromatic heterocycles. The largest absolute Gasteiger partial charge is 0.486 e. The number of carbonyl (C=O) groups is 1.